The van der Waals surface area contributed by atoms with Crippen LogP contribution in [-0.4, -0.2) is 96.7 Å². The van der Waals surface area contributed by atoms with Crippen molar-refractivity contribution in [2.24, 2.45) is 5.92 Å². The van der Waals surface area contributed by atoms with Crippen LogP contribution in [0, 0.1) is 5.92 Å². The van der Waals surface area contributed by atoms with Gasteiger partial charge in [-0.05, 0) is 31.6 Å². The number of phosphoric ester groups is 2. The Morgan fingerprint density at radius 3 is 0.710 bits per heavy atom. The number of aliphatic hydroxyl groups is 1. The molecule has 0 aromatic carbocycles. The van der Waals surface area contributed by atoms with E-state index in [9.17, 15) is 43.2 Å². The molecule has 0 aliphatic rings. The maximum Gasteiger partial charge on any atom is 0.472 e. The molecule has 0 amide bonds. The molecule has 0 aliphatic heterocycles. The molecule has 3 unspecified atom stereocenters. The van der Waals surface area contributed by atoms with Crippen molar-refractivity contribution in [2.75, 3.05) is 39.6 Å². The van der Waals surface area contributed by atoms with Crippen molar-refractivity contribution in [2.45, 2.75) is 451 Å². The van der Waals surface area contributed by atoms with Gasteiger partial charge in [0.25, 0.3) is 0 Å². The van der Waals surface area contributed by atoms with Gasteiger partial charge in [-0.1, -0.05) is 381 Å². The largest absolute Gasteiger partial charge is 0.472 e. The highest BCUT2D eigenvalue weighted by Gasteiger charge is 2.30. The highest BCUT2D eigenvalue weighted by Crippen LogP contribution is 2.45. The Morgan fingerprint density at radius 2 is 0.480 bits per heavy atom. The van der Waals surface area contributed by atoms with Gasteiger partial charge in [0.05, 0.1) is 26.4 Å². The van der Waals surface area contributed by atoms with Crippen molar-refractivity contribution >= 4 is 39.5 Å². The molecule has 594 valence electrons. The van der Waals surface area contributed by atoms with Crippen molar-refractivity contribution in [1.82, 2.24) is 0 Å². The number of hydrogen-bond donors (Lipinski definition) is 3. The number of carbonyl (C=O) groups is 4. The van der Waals surface area contributed by atoms with Gasteiger partial charge in [0.2, 0.25) is 0 Å². The summed E-state index contributed by atoms with van der Waals surface area (Å²) in [6, 6.07) is 0. The van der Waals surface area contributed by atoms with Crippen LogP contribution in [0.1, 0.15) is 433 Å². The number of ether oxygens (including phenoxy) is 4. The predicted molar refractivity (Wildman–Crippen MR) is 409 cm³/mol. The van der Waals surface area contributed by atoms with Gasteiger partial charge in [-0.3, -0.25) is 37.3 Å². The third-order valence-corrected chi connectivity index (χ3v) is 21.3. The first-order valence-electron chi connectivity index (χ1n) is 42.2. The molecule has 0 saturated heterocycles. The summed E-state index contributed by atoms with van der Waals surface area (Å²) in [6.45, 7) is 7.25. The predicted octanol–water partition coefficient (Wildman–Crippen LogP) is 24.4. The van der Waals surface area contributed by atoms with Crippen LogP contribution in [0.25, 0.3) is 0 Å². The lowest BCUT2D eigenvalue weighted by Gasteiger charge is -2.21. The Kier molecular flexibility index (Phi) is 72.5. The fourth-order valence-electron chi connectivity index (χ4n) is 12.6. The number of hydrogen-bond acceptors (Lipinski definition) is 15. The van der Waals surface area contributed by atoms with Crippen LogP contribution in [0.3, 0.4) is 0 Å². The average molecular weight is 1470 g/mol. The zero-order chi connectivity index (χ0) is 73.4. The van der Waals surface area contributed by atoms with Crippen LogP contribution in [0.5, 0.6) is 0 Å². The summed E-state index contributed by atoms with van der Waals surface area (Å²) in [5, 5.41) is 10.6. The lowest BCUT2D eigenvalue weighted by molar-refractivity contribution is -0.161. The van der Waals surface area contributed by atoms with E-state index >= 15 is 0 Å². The van der Waals surface area contributed by atoms with E-state index in [0.29, 0.717) is 25.7 Å². The molecule has 0 heterocycles. The van der Waals surface area contributed by atoms with Gasteiger partial charge in [-0.25, -0.2) is 9.13 Å². The Balaban J connectivity index is 5.11. The molecule has 0 aromatic rings. The standard InChI is InChI=1S/C81H158O17P2/c1-6-10-13-16-18-20-22-24-26-28-30-32-34-36-38-40-42-47-51-56-61-66-81(86)98-77(71-92-79(84)65-60-55-50-46-41-39-37-35-33-31-29-27-25-23-21-19-17-14-11-7-2)73-96-100(89,90)94-69-75(82)68-93-99(87,88)95-72-76(70-91-78(83)64-59-53-15-12-8-3)97-80(85)67-62-57-52-48-44-43-45-49-54-58-63-74(5)9-4/h74-77,82H,6-73H2,1-5H3,(H,87,88)(H,89,90)/t74?,75-,76+,77+/m0/s1. The molecule has 100 heavy (non-hydrogen) atoms. The normalized spacial score (nSPS) is 14.1. The molecular weight excluding hydrogens is 1310 g/mol. The van der Waals surface area contributed by atoms with E-state index in [4.69, 9.17) is 37.0 Å². The van der Waals surface area contributed by atoms with Crippen molar-refractivity contribution in [3.8, 4) is 0 Å². The van der Waals surface area contributed by atoms with Crippen LogP contribution in [0.4, 0.5) is 0 Å². The van der Waals surface area contributed by atoms with E-state index < -0.39 is 97.5 Å². The SMILES string of the molecule is CCCCCCCCCCCCCCCCCCCCCCCC(=O)O[C@H](COC(=O)CCCCCCCCCCCCCCCCCCCCCC)COP(=O)(O)OC[C@@H](O)COP(=O)(O)OC[C@@H](COC(=O)CCCCCCC)OC(=O)CCCCCCCCCCCCC(C)CC. The van der Waals surface area contributed by atoms with Crippen LogP contribution in [-0.2, 0) is 65.4 Å². The van der Waals surface area contributed by atoms with Crippen LogP contribution < -0.4 is 0 Å². The van der Waals surface area contributed by atoms with Crippen LogP contribution in [0.15, 0.2) is 0 Å². The summed E-state index contributed by atoms with van der Waals surface area (Å²) in [6.07, 6.45) is 65.8. The summed E-state index contributed by atoms with van der Waals surface area (Å²) in [7, 11) is -9.91. The lowest BCUT2D eigenvalue weighted by atomic mass is 9.99. The molecule has 0 rings (SSSR count). The number of unbranched alkanes of at least 4 members (excludes halogenated alkanes) is 52. The number of phosphoric acid groups is 2. The minimum Gasteiger partial charge on any atom is -0.462 e. The smallest absolute Gasteiger partial charge is 0.462 e. The Hall–Kier alpha value is -1.94. The third-order valence-electron chi connectivity index (χ3n) is 19.4. The number of esters is 4. The second kappa shape index (κ2) is 73.9. The van der Waals surface area contributed by atoms with E-state index in [-0.39, 0.29) is 25.7 Å². The highest BCUT2D eigenvalue weighted by molar-refractivity contribution is 7.47. The van der Waals surface area contributed by atoms with E-state index in [1.54, 1.807) is 0 Å². The van der Waals surface area contributed by atoms with Crippen molar-refractivity contribution in [1.29, 1.82) is 0 Å². The van der Waals surface area contributed by atoms with Gasteiger partial charge in [-0.2, -0.15) is 0 Å². The number of rotatable bonds is 81. The quantitative estimate of drug-likeness (QED) is 0.0222. The molecule has 0 saturated carbocycles. The van der Waals surface area contributed by atoms with Crippen molar-refractivity contribution in [3.63, 3.8) is 0 Å². The minimum absolute atomic E-state index is 0.106. The zero-order valence-corrected chi connectivity index (χ0v) is 67.1. The fourth-order valence-corrected chi connectivity index (χ4v) is 14.1. The van der Waals surface area contributed by atoms with E-state index in [1.807, 2.05) is 0 Å². The van der Waals surface area contributed by atoms with Gasteiger partial charge >= 0.3 is 39.5 Å². The summed E-state index contributed by atoms with van der Waals surface area (Å²) in [5.41, 5.74) is 0. The van der Waals surface area contributed by atoms with Gasteiger partial charge in [0.15, 0.2) is 12.2 Å². The Morgan fingerprint density at radius 1 is 0.280 bits per heavy atom. The molecule has 3 N–H and O–H groups in total. The first-order chi connectivity index (χ1) is 48.6. The van der Waals surface area contributed by atoms with Crippen LogP contribution >= 0.6 is 15.6 Å². The van der Waals surface area contributed by atoms with Gasteiger partial charge in [0, 0.05) is 25.7 Å². The summed E-state index contributed by atoms with van der Waals surface area (Å²) in [5.74, 6) is -1.32. The fraction of sp³-hybridized carbons (Fsp3) is 0.951. The maximum absolute atomic E-state index is 13.1. The van der Waals surface area contributed by atoms with Crippen LogP contribution in [0.2, 0.25) is 0 Å². The van der Waals surface area contributed by atoms with Gasteiger partial charge in [0.1, 0.15) is 19.3 Å². The molecule has 0 fully saturated rings. The van der Waals surface area contributed by atoms with Crippen molar-refractivity contribution < 1.29 is 80.2 Å². The summed E-state index contributed by atoms with van der Waals surface area (Å²) < 4.78 is 68.5. The second-order valence-corrected chi connectivity index (χ2v) is 32.3. The second-order valence-electron chi connectivity index (χ2n) is 29.4. The Bertz CT molecular complexity index is 1910. The van der Waals surface area contributed by atoms with Gasteiger partial charge < -0.3 is 33.8 Å². The molecular formula is C81H158O17P2. The van der Waals surface area contributed by atoms with E-state index in [1.165, 1.54) is 250 Å². The van der Waals surface area contributed by atoms with Crippen molar-refractivity contribution in [3.05, 3.63) is 0 Å². The average Bonchev–Trinajstić information content (AvgIpc) is 0.918. The Labute approximate surface area is 613 Å². The first kappa shape index (κ1) is 98.1. The molecule has 6 atom stereocenters. The van der Waals surface area contributed by atoms with E-state index in [2.05, 4.69) is 34.6 Å². The third kappa shape index (κ3) is 73.0. The van der Waals surface area contributed by atoms with Gasteiger partial charge in [-0.15, -0.1) is 0 Å². The topological polar surface area (TPSA) is 237 Å². The molecule has 0 aromatic heterocycles. The minimum atomic E-state index is -4.96. The highest BCUT2D eigenvalue weighted by atomic mass is 31.2. The molecule has 0 spiro atoms. The molecule has 0 radical (unpaired) electrons. The number of aliphatic hydroxyl groups excluding tert-OH is 1. The number of carbonyl (C=O) groups excluding carboxylic acids is 4. The molecule has 19 heteroatoms. The summed E-state index contributed by atoms with van der Waals surface area (Å²) >= 11 is 0. The zero-order valence-electron chi connectivity index (χ0n) is 65.3. The molecule has 17 nitrogen and oxygen atoms in total. The summed E-state index contributed by atoms with van der Waals surface area (Å²) in [4.78, 5) is 72.7. The first-order valence-corrected chi connectivity index (χ1v) is 45.2. The maximum atomic E-state index is 13.1. The molecule has 0 bridgehead atoms. The lowest BCUT2D eigenvalue weighted by Crippen LogP contribution is -2.30. The monoisotopic (exact) mass is 1470 g/mol. The molecule has 0 aliphatic carbocycles. The van der Waals surface area contributed by atoms with E-state index in [0.717, 1.165) is 102 Å².